The molecule has 27 heavy (non-hydrogen) atoms. The zero-order valence-corrected chi connectivity index (χ0v) is 16.0. The van der Waals surface area contributed by atoms with Gasteiger partial charge in [-0.05, 0) is 43.2 Å². The minimum Gasteiger partial charge on any atom is -0.322 e. The van der Waals surface area contributed by atoms with E-state index in [9.17, 15) is 4.79 Å². The second-order valence-electron chi connectivity index (χ2n) is 6.34. The maximum Gasteiger partial charge on any atom is 0.277 e. The maximum atomic E-state index is 13.1. The number of benzene rings is 2. The van der Waals surface area contributed by atoms with Crippen molar-refractivity contribution in [2.75, 3.05) is 10.2 Å². The van der Waals surface area contributed by atoms with Crippen LogP contribution in [0.25, 0.3) is 0 Å². The summed E-state index contributed by atoms with van der Waals surface area (Å²) in [6.07, 6.45) is 2.37. The first-order valence-electron chi connectivity index (χ1n) is 8.50. The van der Waals surface area contributed by atoms with Crippen molar-refractivity contribution in [3.8, 4) is 0 Å². The van der Waals surface area contributed by atoms with Crippen molar-refractivity contribution in [2.45, 2.75) is 19.4 Å². The van der Waals surface area contributed by atoms with E-state index >= 15 is 0 Å². The van der Waals surface area contributed by atoms with Crippen LogP contribution in [-0.2, 0) is 6.42 Å². The van der Waals surface area contributed by atoms with Gasteiger partial charge in [-0.25, -0.2) is 9.97 Å². The van der Waals surface area contributed by atoms with E-state index in [1.165, 1.54) is 0 Å². The Hall–Kier alpha value is -2.63. The molecule has 0 saturated heterocycles. The van der Waals surface area contributed by atoms with Gasteiger partial charge in [0.25, 0.3) is 5.91 Å². The molecule has 4 rings (SSSR count). The highest BCUT2D eigenvalue weighted by atomic mass is 35.5. The summed E-state index contributed by atoms with van der Waals surface area (Å²) in [5, 5.41) is 3.90. The fourth-order valence-electron chi connectivity index (χ4n) is 3.27. The lowest BCUT2D eigenvalue weighted by Gasteiger charge is -2.22. The van der Waals surface area contributed by atoms with Crippen molar-refractivity contribution in [3.05, 3.63) is 76.0 Å². The van der Waals surface area contributed by atoms with E-state index in [0.29, 0.717) is 21.4 Å². The van der Waals surface area contributed by atoms with Crippen LogP contribution in [0.15, 0.2) is 54.7 Å². The number of amides is 1. The SMILES string of the molecule is CC1Cc2ccccc2N1C(=O)c1ccnc(Nc2c(Cl)cccc2Cl)n1. The molecule has 0 fully saturated rings. The van der Waals surface area contributed by atoms with Crippen LogP contribution < -0.4 is 10.2 Å². The van der Waals surface area contributed by atoms with E-state index < -0.39 is 0 Å². The lowest BCUT2D eigenvalue weighted by molar-refractivity contribution is 0.0976. The number of anilines is 3. The molecular weight excluding hydrogens is 383 g/mol. The predicted octanol–water partition coefficient (Wildman–Crippen LogP) is 5.12. The summed E-state index contributed by atoms with van der Waals surface area (Å²) in [5.74, 6) is 0.0964. The van der Waals surface area contributed by atoms with Gasteiger partial charge < -0.3 is 10.2 Å². The van der Waals surface area contributed by atoms with Gasteiger partial charge >= 0.3 is 0 Å². The van der Waals surface area contributed by atoms with E-state index in [0.717, 1.165) is 17.7 Å². The molecule has 0 spiro atoms. The first-order valence-corrected chi connectivity index (χ1v) is 9.25. The molecular formula is C20H16Cl2N4O. The Kier molecular flexibility index (Phi) is 4.72. The number of halogens is 2. The van der Waals surface area contributed by atoms with Crippen molar-refractivity contribution in [3.63, 3.8) is 0 Å². The predicted molar refractivity (Wildman–Crippen MR) is 108 cm³/mol. The lowest BCUT2D eigenvalue weighted by atomic mass is 10.1. The molecule has 2 aromatic carbocycles. The first-order chi connectivity index (χ1) is 13.0. The summed E-state index contributed by atoms with van der Waals surface area (Å²) in [4.78, 5) is 23.4. The van der Waals surface area contributed by atoms with Gasteiger partial charge in [-0.1, -0.05) is 47.5 Å². The van der Waals surface area contributed by atoms with Crippen LogP contribution in [0.3, 0.4) is 0 Å². The van der Waals surface area contributed by atoms with E-state index in [1.54, 1.807) is 35.4 Å². The molecule has 0 aliphatic carbocycles. The average molecular weight is 399 g/mol. The second kappa shape index (κ2) is 7.18. The first kappa shape index (κ1) is 17.8. The van der Waals surface area contributed by atoms with Crippen LogP contribution in [0.2, 0.25) is 10.0 Å². The monoisotopic (exact) mass is 398 g/mol. The van der Waals surface area contributed by atoms with Gasteiger partial charge in [0.1, 0.15) is 5.69 Å². The third kappa shape index (κ3) is 3.36. The van der Waals surface area contributed by atoms with Crippen molar-refractivity contribution in [1.82, 2.24) is 9.97 Å². The molecule has 1 atom stereocenters. The quantitative estimate of drug-likeness (QED) is 0.664. The average Bonchev–Trinajstić information content (AvgIpc) is 3.00. The van der Waals surface area contributed by atoms with Crippen LogP contribution in [0.1, 0.15) is 23.0 Å². The summed E-state index contributed by atoms with van der Waals surface area (Å²) in [6, 6.07) is 14.8. The summed E-state index contributed by atoms with van der Waals surface area (Å²) in [7, 11) is 0. The highest BCUT2D eigenvalue weighted by molar-refractivity contribution is 6.39. The fourth-order valence-corrected chi connectivity index (χ4v) is 3.76. The highest BCUT2D eigenvalue weighted by Gasteiger charge is 2.32. The second-order valence-corrected chi connectivity index (χ2v) is 7.16. The Morgan fingerprint density at radius 1 is 1.11 bits per heavy atom. The normalized spacial score (nSPS) is 15.5. The Balaban J connectivity index is 1.64. The molecule has 1 N–H and O–H groups in total. The van der Waals surface area contributed by atoms with E-state index in [1.807, 2.05) is 31.2 Å². The third-order valence-electron chi connectivity index (χ3n) is 4.50. The van der Waals surface area contributed by atoms with E-state index in [-0.39, 0.29) is 17.9 Å². The van der Waals surface area contributed by atoms with Crippen molar-refractivity contribution in [2.24, 2.45) is 0 Å². The zero-order chi connectivity index (χ0) is 19.0. The number of hydrogen-bond acceptors (Lipinski definition) is 4. The van der Waals surface area contributed by atoms with Gasteiger partial charge in [0.2, 0.25) is 5.95 Å². The number of para-hydroxylation sites is 2. The smallest absolute Gasteiger partial charge is 0.277 e. The number of carbonyl (C=O) groups excluding carboxylic acids is 1. The third-order valence-corrected chi connectivity index (χ3v) is 5.13. The van der Waals surface area contributed by atoms with Gasteiger partial charge in [-0.2, -0.15) is 0 Å². The molecule has 7 heteroatoms. The summed E-state index contributed by atoms with van der Waals surface area (Å²) < 4.78 is 0. The maximum absolute atomic E-state index is 13.1. The molecule has 1 aliphatic heterocycles. The summed E-state index contributed by atoms with van der Waals surface area (Å²) in [6.45, 7) is 2.03. The molecule has 5 nitrogen and oxygen atoms in total. The number of hydrogen-bond donors (Lipinski definition) is 1. The molecule has 1 aliphatic rings. The molecule has 136 valence electrons. The minimum absolute atomic E-state index is 0.0688. The molecule has 0 bridgehead atoms. The Morgan fingerprint density at radius 2 is 1.85 bits per heavy atom. The lowest BCUT2D eigenvalue weighted by Crippen LogP contribution is -2.36. The molecule has 1 aromatic heterocycles. The fraction of sp³-hybridized carbons (Fsp3) is 0.150. The van der Waals surface area contributed by atoms with Crippen LogP contribution in [0, 0.1) is 0 Å². The number of nitrogens with zero attached hydrogens (tertiary/aromatic N) is 3. The van der Waals surface area contributed by atoms with Gasteiger partial charge in [-0.15, -0.1) is 0 Å². The van der Waals surface area contributed by atoms with Gasteiger partial charge in [0.05, 0.1) is 15.7 Å². The molecule has 1 amide bonds. The Labute approximate surface area is 167 Å². The van der Waals surface area contributed by atoms with Crippen LogP contribution >= 0.6 is 23.2 Å². The van der Waals surface area contributed by atoms with Gasteiger partial charge in [0, 0.05) is 17.9 Å². The number of nitrogens with one attached hydrogen (secondary N) is 1. The van der Waals surface area contributed by atoms with Crippen molar-refractivity contribution >= 4 is 46.4 Å². The Bertz CT molecular complexity index is 1000. The van der Waals surface area contributed by atoms with Crippen LogP contribution in [0.4, 0.5) is 17.3 Å². The molecule has 3 aromatic rings. The summed E-state index contributed by atoms with van der Waals surface area (Å²) in [5.41, 5.74) is 2.90. The zero-order valence-electron chi connectivity index (χ0n) is 14.5. The number of fused-ring (bicyclic) bond motifs is 1. The van der Waals surface area contributed by atoms with Crippen LogP contribution in [-0.4, -0.2) is 21.9 Å². The molecule has 0 saturated carbocycles. The summed E-state index contributed by atoms with van der Waals surface area (Å²) >= 11 is 12.4. The van der Waals surface area contributed by atoms with E-state index in [4.69, 9.17) is 23.2 Å². The number of rotatable bonds is 3. The van der Waals surface area contributed by atoms with Gasteiger partial charge in [0.15, 0.2) is 0 Å². The van der Waals surface area contributed by atoms with Gasteiger partial charge in [-0.3, -0.25) is 4.79 Å². The van der Waals surface area contributed by atoms with Crippen molar-refractivity contribution in [1.29, 1.82) is 0 Å². The minimum atomic E-state index is -0.164. The molecule has 1 unspecified atom stereocenters. The van der Waals surface area contributed by atoms with Crippen LogP contribution in [0.5, 0.6) is 0 Å². The molecule has 2 heterocycles. The largest absolute Gasteiger partial charge is 0.322 e. The van der Waals surface area contributed by atoms with E-state index in [2.05, 4.69) is 15.3 Å². The number of aromatic nitrogens is 2. The Morgan fingerprint density at radius 3 is 2.63 bits per heavy atom. The standard InChI is InChI=1S/C20H16Cl2N4O/c1-12-11-13-5-2-3-8-17(13)26(12)19(27)16-9-10-23-20(24-16)25-18-14(21)6-4-7-15(18)22/h2-10,12H,11H2,1H3,(H,23,24,25). The number of carbonyl (C=O) groups is 1. The topological polar surface area (TPSA) is 58.1 Å². The van der Waals surface area contributed by atoms with Crippen molar-refractivity contribution < 1.29 is 4.79 Å². The highest BCUT2D eigenvalue weighted by Crippen LogP contribution is 2.34. The molecule has 0 radical (unpaired) electrons.